The summed E-state index contributed by atoms with van der Waals surface area (Å²) < 4.78 is 5.64. The quantitative estimate of drug-likeness (QED) is 0.287. The van der Waals surface area contributed by atoms with E-state index in [1.807, 2.05) is 27.7 Å². The zero-order chi connectivity index (χ0) is 19.6. The zero-order valence-electron chi connectivity index (χ0n) is 17.9. The molecular weight excluding hydrogens is 326 g/mol. The van der Waals surface area contributed by atoms with Crippen LogP contribution < -0.4 is 0 Å². The summed E-state index contributed by atoms with van der Waals surface area (Å²) in [5.41, 5.74) is -1.11. The van der Waals surface area contributed by atoms with Crippen LogP contribution in [0.5, 0.6) is 0 Å². The monoisotopic (exact) mass is 368 g/mol. The molecule has 153 valence electrons. The van der Waals surface area contributed by atoms with E-state index in [2.05, 4.69) is 6.92 Å². The second-order valence-electron chi connectivity index (χ2n) is 9.23. The second kappa shape index (κ2) is 11.3. The summed E-state index contributed by atoms with van der Waals surface area (Å²) in [5.74, 6) is -0.148. The van der Waals surface area contributed by atoms with Crippen LogP contribution in [0.25, 0.3) is 0 Å². The normalized spacial score (nSPS) is 21.8. The molecule has 0 aliphatic carbocycles. The lowest BCUT2D eigenvalue weighted by molar-refractivity contribution is -0.252. The van der Waals surface area contributed by atoms with Crippen molar-refractivity contribution in [2.75, 3.05) is 0 Å². The first-order chi connectivity index (χ1) is 12.2. The van der Waals surface area contributed by atoms with Crippen molar-refractivity contribution in [1.29, 1.82) is 0 Å². The molecule has 1 aliphatic rings. The van der Waals surface area contributed by atoms with Crippen molar-refractivity contribution in [3.05, 3.63) is 0 Å². The highest BCUT2D eigenvalue weighted by atomic mass is 16.6. The van der Waals surface area contributed by atoms with Gasteiger partial charge in [-0.05, 0) is 34.1 Å². The van der Waals surface area contributed by atoms with Gasteiger partial charge in [0.1, 0.15) is 6.10 Å². The van der Waals surface area contributed by atoms with Gasteiger partial charge in [0.15, 0.2) is 0 Å². The average molecular weight is 369 g/mol. The molecule has 0 saturated carbocycles. The fourth-order valence-corrected chi connectivity index (χ4v) is 4.03. The molecule has 0 bridgehead atoms. The number of carbonyl (C=O) groups excluding carboxylic acids is 1. The number of unbranched alkanes of at least 4 members (excludes halogenated alkanes) is 10. The Morgan fingerprint density at radius 3 is 1.77 bits per heavy atom. The van der Waals surface area contributed by atoms with E-state index in [1.54, 1.807) is 0 Å². The Bertz CT molecular complexity index is 406. The van der Waals surface area contributed by atoms with E-state index in [0.717, 1.165) is 17.9 Å². The Morgan fingerprint density at radius 1 is 0.885 bits per heavy atom. The van der Waals surface area contributed by atoms with E-state index >= 15 is 0 Å². The number of esters is 1. The van der Waals surface area contributed by atoms with Gasteiger partial charge in [0, 0.05) is 18.4 Å². The highest BCUT2D eigenvalue weighted by Gasteiger charge is 2.54. The fraction of sp³-hybridized carbons (Fsp3) is 0.955. The maximum absolute atomic E-state index is 12.3. The molecule has 4 nitrogen and oxygen atoms in total. The lowest BCUT2D eigenvalue weighted by Gasteiger charge is -2.32. The smallest absolute Gasteiger partial charge is 0.306 e. The molecule has 1 heterocycles. The third kappa shape index (κ3) is 7.56. The van der Waals surface area contributed by atoms with Crippen molar-refractivity contribution in [2.45, 2.75) is 135 Å². The van der Waals surface area contributed by atoms with E-state index in [4.69, 9.17) is 4.74 Å². The molecule has 1 fully saturated rings. The van der Waals surface area contributed by atoms with E-state index in [1.165, 1.54) is 57.8 Å². The van der Waals surface area contributed by atoms with Crippen molar-refractivity contribution < 1.29 is 14.7 Å². The van der Waals surface area contributed by atoms with Crippen LogP contribution in [-0.2, 0) is 14.7 Å². The third-order valence-electron chi connectivity index (χ3n) is 5.80. The topological polar surface area (TPSA) is 49.4 Å². The molecule has 1 rings (SSSR count). The molecular formula is C22H42NO3. The molecule has 0 aromatic carbocycles. The van der Waals surface area contributed by atoms with Crippen LogP contribution >= 0.6 is 0 Å². The summed E-state index contributed by atoms with van der Waals surface area (Å²) >= 11 is 0. The average Bonchev–Trinajstić information content (AvgIpc) is 2.72. The Morgan fingerprint density at radius 2 is 1.35 bits per heavy atom. The van der Waals surface area contributed by atoms with Gasteiger partial charge in [-0.15, -0.1) is 10.3 Å². The van der Waals surface area contributed by atoms with E-state index < -0.39 is 11.1 Å². The molecule has 26 heavy (non-hydrogen) atoms. The van der Waals surface area contributed by atoms with Crippen LogP contribution in [0.1, 0.15) is 118 Å². The number of hydrogen-bond acceptors (Lipinski definition) is 3. The molecule has 0 spiro atoms. The molecule has 0 aromatic heterocycles. The summed E-state index contributed by atoms with van der Waals surface area (Å²) in [6.07, 6.45) is 14.7. The molecule has 1 saturated heterocycles. The second-order valence-corrected chi connectivity index (χ2v) is 9.23. The maximum atomic E-state index is 12.3. The van der Waals surface area contributed by atoms with Gasteiger partial charge in [-0.3, -0.25) is 4.79 Å². The van der Waals surface area contributed by atoms with Crippen LogP contribution in [0, 0.1) is 0 Å². The molecule has 1 atom stereocenters. The lowest BCUT2D eigenvalue weighted by Crippen LogP contribution is -2.48. The van der Waals surface area contributed by atoms with Gasteiger partial charge in [0.05, 0.1) is 5.54 Å². The zero-order valence-corrected chi connectivity index (χ0v) is 17.9. The minimum Gasteiger partial charge on any atom is -0.460 e. The number of hydroxylamine groups is 2. The first kappa shape index (κ1) is 23.4. The number of rotatable bonds is 13. The number of nitrogens with zero attached hydrogens (tertiary/aromatic N) is 1. The molecule has 1 unspecified atom stereocenters. The number of hydrogen-bond donors (Lipinski definition) is 0. The Balaban J connectivity index is 2.06. The van der Waals surface area contributed by atoms with Crippen molar-refractivity contribution >= 4 is 5.97 Å². The lowest BCUT2D eigenvalue weighted by atomic mass is 9.97. The Hall–Kier alpha value is -0.610. The van der Waals surface area contributed by atoms with Gasteiger partial charge in [-0.25, -0.2) is 0 Å². The maximum Gasteiger partial charge on any atom is 0.306 e. The van der Waals surface area contributed by atoms with Gasteiger partial charge in [0.2, 0.25) is 0 Å². The number of carbonyl (C=O) groups is 1. The van der Waals surface area contributed by atoms with Gasteiger partial charge in [-0.1, -0.05) is 71.1 Å². The SMILES string of the molecule is CCCCCCCCCCCCCC(=O)OC1CC(C)(C)N([O])C1(C)C. The van der Waals surface area contributed by atoms with Gasteiger partial charge in [-0.2, -0.15) is 0 Å². The van der Waals surface area contributed by atoms with Crippen LogP contribution in [-0.4, -0.2) is 28.2 Å². The minimum absolute atomic E-state index is 0.148. The summed E-state index contributed by atoms with van der Waals surface area (Å²) in [5, 5.41) is 13.4. The van der Waals surface area contributed by atoms with Crippen molar-refractivity contribution in [3.8, 4) is 0 Å². The molecule has 0 amide bonds. The molecule has 1 aliphatic heterocycles. The largest absolute Gasteiger partial charge is 0.460 e. The molecule has 0 aromatic rings. The van der Waals surface area contributed by atoms with E-state index in [-0.39, 0.29) is 12.1 Å². The van der Waals surface area contributed by atoms with E-state index in [9.17, 15) is 10.0 Å². The van der Waals surface area contributed by atoms with Crippen LogP contribution in [0.4, 0.5) is 0 Å². The summed E-state index contributed by atoms with van der Waals surface area (Å²) in [4.78, 5) is 12.1. The Kier molecular flexibility index (Phi) is 10.2. The highest BCUT2D eigenvalue weighted by molar-refractivity contribution is 5.69. The minimum atomic E-state index is -0.643. The van der Waals surface area contributed by atoms with Gasteiger partial charge in [0.25, 0.3) is 0 Å². The van der Waals surface area contributed by atoms with E-state index in [0.29, 0.717) is 12.8 Å². The van der Waals surface area contributed by atoms with Gasteiger partial charge >= 0.3 is 5.97 Å². The Labute approximate surface area is 161 Å². The third-order valence-corrected chi connectivity index (χ3v) is 5.80. The first-order valence-corrected chi connectivity index (χ1v) is 10.9. The molecule has 4 heteroatoms. The van der Waals surface area contributed by atoms with Gasteiger partial charge < -0.3 is 4.74 Å². The van der Waals surface area contributed by atoms with Crippen LogP contribution in [0.2, 0.25) is 0 Å². The number of ether oxygens (including phenoxy) is 1. The molecule has 1 radical (unpaired) electrons. The highest BCUT2D eigenvalue weighted by Crippen LogP contribution is 2.41. The standard InChI is InChI=1S/C22H42NO3/c1-6-7-8-9-10-11-12-13-14-15-16-17-20(24)26-19-18-21(2,3)23(25)22(19,4)5/h19H,6-18H2,1-5H3. The molecule has 0 N–H and O–H groups in total. The van der Waals surface area contributed by atoms with Crippen molar-refractivity contribution in [1.82, 2.24) is 5.06 Å². The van der Waals surface area contributed by atoms with Crippen molar-refractivity contribution in [2.24, 2.45) is 0 Å². The first-order valence-electron chi connectivity index (χ1n) is 10.9. The predicted octanol–water partition coefficient (Wildman–Crippen LogP) is 6.21. The van der Waals surface area contributed by atoms with Crippen LogP contribution in [0.3, 0.4) is 0 Å². The summed E-state index contributed by atoms with van der Waals surface area (Å²) in [7, 11) is 0. The van der Waals surface area contributed by atoms with Crippen molar-refractivity contribution in [3.63, 3.8) is 0 Å². The summed E-state index contributed by atoms with van der Waals surface area (Å²) in [6.45, 7) is 9.83. The fourth-order valence-electron chi connectivity index (χ4n) is 4.03. The predicted molar refractivity (Wildman–Crippen MR) is 106 cm³/mol. The summed E-state index contributed by atoms with van der Waals surface area (Å²) in [6, 6.07) is 0. The van der Waals surface area contributed by atoms with Crippen LogP contribution in [0.15, 0.2) is 0 Å².